The van der Waals surface area contributed by atoms with Crippen LogP contribution in [0.4, 0.5) is 10.3 Å². The van der Waals surface area contributed by atoms with Crippen molar-refractivity contribution < 1.29 is 13.9 Å². The zero-order chi connectivity index (χ0) is 26.5. The van der Waals surface area contributed by atoms with Crippen LogP contribution < -0.4 is 15.8 Å². The molecule has 0 atom stereocenters. The minimum absolute atomic E-state index is 0.329. The van der Waals surface area contributed by atoms with Gasteiger partial charge >= 0.3 is 0 Å². The second kappa shape index (κ2) is 10.9. The van der Waals surface area contributed by atoms with Crippen LogP contribution in [0.2, 0.25) is 0 Å². The number of nitrogens with zero attached hydrogens (tertiary/aromatic N) is 4. The first-order valence-electron chi connectivity index (χ1n) is 11.9. The Morgan fingerprint density at radius 1 is 1.00 bits per heavy atom. The molecule has 1 amide bonds. The molecule has 0 unspecified atom stereocenters. The number of aromatic nitrogens is 4. The summed E-state index contributed by atoms with van der Waals surface area (Å²) < 4.78 is 20.8. The number of anilines is 1. The lowest BCUT2D eigenvalue weighted by atomic mass is 10.1. The largest absolute Gasteiger partial charge is 0.497 e. The molecule has 5 rings (SSSR count). The number of primary amides is 1. The van der Waals surface area contributed by atoms with Crippen LogP contribution in [0.1, 0.15) is 21.5 Å². The number of ether oxygens (including phenoxy) is 1. The minimum atomic E-state index is -0.493. The van der Waals surface area contributed by atoms with Gasteiger partial charge in [-0.25, -0.2) is 19.3 Å². The monoisotopic (exact) mass is 508 g/mol. The first-order valence-corrected chi connectivity index (χ1v) is 11.9. The molecular formula is C29H25FN6O2. The van der Waals surface area contributed by atoms with Crippen LogP contribution in [0.5, 0.6) is 5.75 Å². The Hall–Kier alpha value is -5.05. The number of nitrogens with one attached hydrogen (secondary N) is 1. The van der Waals surface area contributed by atoms with Crippen molar-refractivity contribution >= 4 is 11.9 Å². The Morgan fingerprint density at radius 3 is 2.53 bits per heavy atom. The Labute approximate surface area is 219 Å². The van der Waals surface area contributed by atoms with Gasteiger partial charge in [0.25, 0.3) is 0 Å². The van der Waals surface area contributed by atoms with Gasteiger partial charge in [-0.2, -0.15) is 0 Å². The Kier molecular flexibility index (Phi) is 7.08. The molecule has 0 aliphatic heterocycles. The van der Waals surface area contributed by atoms with E-state index in [1.54, 1.807) is 56.0 Å². The van der Waals surface area contributed by atoms with Gasteiger partial charge in [-0.05, 0) is 65.7 Å². The summed E-state index contributed by atoms with van der Waals surface area (Å²) in [5.41, 5.74) is 10.6. The molecule has 5 aromatic rings. The van der Waals surface area contributed by atoms with Crippen LogP contribution in [0, 0.1) is 5.82 Å². The molecule has 2 aromatic heterocycles. The van der Waals surface area contributed by atoms with Gasteiger partial charge in [0.1, 0.15) is 11.6 Å². The van der Waals surface area contributed by atoms with Crippen LogP contribution in [-0.4, -0.2) is 32.5 Å². The summed E-state index contributed by atoms with van der Waals surface area (Å²) >= 11 is 0. The van der Waals surface area contributed by atoms with E-state index in [2.05, 4.69) is 15.3 Å². The lowest BCUT2D eigenvalue weighted by Crippen LogP contribution is -2.11. The number of carbonyl (C=O) groups is 1. The minimum Gasteiger partial charge on any atom is -0.497 e. The highest BCUT2D eigenvalue weighted by Gasteiger charge is 2.18. The highest BCUT2D eigenvalue weighted by molar-refractivity contribution is 5.92. The molecule has 3 N–H and O–H groups in total. The predicted molar refractivity (Wildman–Crippen MR) is 143 cm³/mol. The molecule has 3 aromatic carbocycles. The van der Waals surface area contributed by atoms with Crippen molar-refractivity contribution in [1.29, 1.82) is 0 Å². The van der Waals surface area contributed by atoms with Crippen molar-refractivity contribution in [3.8, 4) is 28.4 Å². The van der Waals surface area contributed by atoms with Gasteiger partial charge in [-0.15, -0.1) is 0 Å². The van der Waals surface area contributed by atoms with E-state index in [4.69, 9.17) is 15.5 Å². The number of hydrogen-bond donors (Lipinski definition) is 2. The number of nitrogens with two attached hydrogens (primary N) is 1. The number of methoxy groups -OCH3 is 1. The number of amides is 1. The zero-order valence-corrected chi connectivity index (χ0v) is 20.6. The van der Waals surface area contributed by atoms with E-state index in [1.807, 2.05) is 34.9 Å². The van der Waals surface area contributed by atoms with E-state index in [1.165, 1.54) is 12.1 Å². The summed E-state index contributed by atoms with van der Waals surface area (Å²) in [7, 11) is 1.63. The molecule has 0 aliphatic carbocycles. The lowest BCUT2D eigenvalue weighted by Gasteiger charge is -2.12. The molecule has 9 heteroatoms. The van der Waals surface area contributed by atoms with Crippen molar-refractivity contribution in [3.63, 3.8) is 0 Å². The fourth-order valence-electron chi connectivity index (χ4n) is 4.11. The number of benzene rings is 3. The molecule has 190 valence electrons. The molecule has 8 nitrogen and oxygen atoms in total. The number of halogens is 1. The summed E-state index contributed by atoms with van der Waals surface area (Å²) in [5.74, 6) is 0.417. The number of imidazole rings is 1. The molecule has 0 spiro atoms. The first kappa shape index (κ1) is 24.6. The van der Waals surface area contributed by atoms with Gasteiger partial charge in [-0.3, -0.25) is 4.79 Å². The number of rotatable bonds is 9. The van der Waals surface area contributed by atoms with E-state index in [0.29, 0.717) is 36.0 Å². The van der Waals surface area contributed by atoms with Gasteiger partial charge < -0.3 is 20.4 Å². The van der Waals surface area contributed by atoms with Crippen LogP contribution in [0.15, 0.2) is 91.4 Å². The van der Waals surface area contributed by atoms with Gasteiger partial charge in [0.2, 0.25) is 11.9 Å². The maximum atomic E-state index is 13.6. The van der Waals surface area contributed by atoms with Crippen molar-refractivity contribution in [2.75, 3.05) is 12.4 Å². The summed E-state index contributed by atoms with van der Waals surface area (Å²) in [6.45, 7) is 0.945. The van der Waals surface area contributed by atoms with Crippen molar-refractivity contribution in [1.82, 2.24) is 19.5 Å². The predicted octanol–water partition coefficient (Wildman–Crippen LogP) is 4.91. The van der Waals surface area contributed by atoms with Gasteiger partial charge in [0.05, 0.1) is 30.5 Å². The molecule has 2 heterocycles. The molecule has 0 saturated carbocycles. The Morgan fingerprint density at radius 2 is 1.79 bits per heavy atom. The summed E-state index contributed by atoms with van der Waals surface area (Å²) in [6.07, 6.45) is 3.38. The third-order valence-corrected chi connectivity index (χ3v) is 6.03. The highest BCUT2D eigenvalue weighted by atomic mass is 19.1. The number of hydrogen-bond acceptors (Lipinski definition) is 6. The second-order valence-electron chi connectivity index (χ2n) is 8.61. The second-order valence-corrected chi connectivity index (χ2v) is 8.61. The SMILES string of the molecule is COc1ccc(CNc2nccc(-c3c(-c4ccc(F)cc4)ncn3Cc3cccc(C(N)=O)c3)n2)cc1. The summed E-state index contributed by atoms with van der Waals surface area (Å²) in [5, 5.41) is 3.26. The van der Waals surface area contributed by atoms with E-state index in [-0.39, 0.29) is 5.82 Å². The Bertz CT molecular complexity index is 1570. The summed E-state index contributed by atoms with van der Waals surface area (Å²) in [6, 6.07) is 22.8. The first-order chi connectivity index (χ1) is 18.5. The molecule has 0 bridgehead atoms. The molecule has 0 fully saturated rings. The maximum Gasteiger partial charge on any atom is 0.248 e. The fraction of sp³-hybridized carbons (Fsp3) is 0.103. The average molecular weight is 509 g/mol. The topological polar surface area (TPSA) is 108 Å². The maximum absolute atomic E-state index is 13.6. The van der Waals surface area contributed by atoms with Gasteiger partial charge in [0, 0.05) is 30.4 Å². The van der Waals surface area contributed by atoms with Crippen molar-refractivity contribution in [3.05, 3.63) is 114 Å². The van der Waals surface area contributed by atoms with Crippen LogP contribution in [0.3, 0.4) is 0 Å². The highest BCUT2D eigenvalue weighted by Crippen LogP contribution is 2.31. The average Bonchev–Trinajstić information content (AvgIpc) is 3.36. The quantitative estimate of drug-likeness (QED) is 0.293. The zero-order valence-electron chi connectivity index (χ0n) is 20.6. The van der Waals surface area contributed by atoms with Crippen LogP contribution in [-0.2, 0) is 13.1 Å². The van der Waals surface area contributed by atoms with Crippen LogP contribution >= 0.6 is 0 Å². The smallest absolute Gasteiger partial charge is 0.248 e. The standard InChI is InChI=1S/C29H25FN6O2/c1-38-24-11-5-19(6-12-24)16-33-29-32-14-13-25(35-29)27-26(21-7-9-23(30)10-8-21)34-18-36(27)17-20-3-2-4-22(15-20)28(31)37/h2-15,18H,16-17H2,1H3,(H2,31,37)(H,32,33,35). The third-order valence-electron chi connectivity index (χ3n) is 6.03. The third kappa shape index (κ3) is 5.52. The lowest BCUT2D eigenvalue weighted by molar-refractivity contribution is 0.1000. The molecule has 0 aliphatic rings. The van der Waals surface area contributed by atoms with E-state index in [9.17, 15) is 9.18 Å². The fourth-order valence-corrected chi connectivity index (χ4v) is 4.11. The Balaban J connectivity index is 1.49. The van der Waals surface area contributed by atoms with Gasteiger partial charge in [-0.1, -0.05) is 24.3 Å². The molecular weight excluding hydrogens is 483 g/mol. The van der Waals surface area contributed by atoms with E-state index < -0.39 is 5.91 Å². The normalized spacial score (nSPS) is 10.8. The van der Waals surface area contributed by atoms with Gasteiger partial charge in [0.15, 0.2) is 0 Å². The van der Waals surface area contributed by atoms with Crippen LogP contribution in [0.25, 0.3) is 22.6 Å². The summed E-state index contributed by atoms with van der Waals surface area (Å²) in [4.78, 5) is 25.5. The molecule has 0 radical (unpaired) electrons. The van der Waals surface area contributed by atoms with Crippen molar-refractivity contribution in [2.24, 2.45) is 5.73 Å². The van der Waals surface area contributed by atoms with E-state index >= 15 is 0 Å². The molecule has 0 saturated heterocycles. The van der Waals surface area contributed by atoms with E-state index in [0.717, 1.165) is 28.1 Å². The van der Waals surface area contributed by atoms with Crippen molar-refractivity contribution in [2.45, 2.75) is 13.1 Å². The number of carbonyl (C=O) groups excluding carboxylic acids is 1. The molecule has 38 heavy (non-hydrogen) atoms.